The maximum Gasteiger partial charge on any atom is 0.277 e. The van der Waals surface area contributed by atoms with E-state index in [0.717, 1.165) is 12.1 Å². The third-order valence-corrected chi connectivity index (χ3v) is 2.32. The number of halogens is 1. The quantitative estimate of drug-likeness (QED) is 0.649. The number of carbonyl (C=O) groups is 1. The second kappa shape index (κ2) is 6.91. The molecule has 4 nitrogen and oxygen atoms in total. The summed E-state index contributed by atoms with van der Waals surface area (Å²) in [4.78, 5) is 11.3. The Labute approximate surface area is 106 Å². The highest BCUT2D eigenvalue weighted by atomic mass is 35.5. The molecule has 0 aliphatic heterocycles. The summed E-state index contributed by atoms with van der Waals surface area (Å²) in [6, 6.07) is 6.81. The number of hydrogen-bond acceptors (Lipinski definition) is 3. The van der Waals surface area contributed by atoms with E-state index in [1.54, 1.807) is 24.3 Å². The number of nitrogens with one attached hydrogen (secondary N) is 1. The summed E-state index contributed by atoms with van der Waals surface area (Å²) in [5, 5.41) is 4.51. The Morgan fingerprint density at radius 3 is 2.65 bits per heavy atom. The van der Waals surface area contributed by atoms with Crippen molar-refractivity contribution < 1.29 is 9.53 Å². The first-order valence-corrected chi connectivity index (χ1v) is 5.70. The van der Waals surface area contributed by atoms with Gasteiger partial charge in [0.15, 0.2) is 6.61 Å². The second-order valence-corrected chi connectivity index (χ2v) is 3.91. The fourth-order valence-corrected chi connectivity index (χ4v) is 1.07. The summed E-state index contributed by atoms with van der Waals surface area (Å²) in [6.45, 7) is 3.75. The fraction of sp³-hybridized carbons (Fsp3) is 0.333. The highest BCUT2D eigenvalue weighted by Crippen LogP contribution is 2.15. The largest absolute Gasteiger partial charge is 0.484 e. The van der Waals surface area contributed by atoms with Gasteiger partial charge >= 0.3 is 0 Å². The lowest BCUT2D eigenvalue weighted by Gasteiger charge is -2.05. The smallest absolute Gasteiger partial charge is 0.277 e. The minimum Gasteiger partial charge on any atom is -0.484 e. The third-order valence-electron chi connectivity index (χ3n) is 2.07. The summed E-state index contributed by atoms with van der Waals surface area (Å²) in [6.07, 6.45) is 0.804. The molecule has 0 spiro atoms. The Morgan fingerprint density at radius 1 is 1.41 bits per heavy atom. The highest BCUT2D eigenvalue weighted by Gasteiger charge is 2.01. The number of hydrazone groups is 1. The number of carbonyl (C=O) groups excluding carboxylic acids is 1. The topological polar surface area (TPSA) is 50.7 Å². The van der Waals surface area contributed by atoms with E-state index in [1.165, 1.54) is 0 Å². The standard InChI is InChI=1S/C12H15ClN2O2/c1-3-9(2)14-15-12(16)8-17-11-6-4-10(13)5-7-11/h4-7H,3,8H2,1-2H3,(H,15,16)/b14-9-. The molecule has 1 aromatic carbocycles. The summed E-state index contributed by atoms with van der Waals surface area (Å²) >= 11 is 5.72. The molecule has 17 heavy (non-hydrogen) atoms. The summed E-state index contributed by atoms with van der Waals surface area (Å²) in [5.74, 6) is 0.313. The van der Waals surface area contributed by atoms with Crippen LogP contribution in [0.4, 0.5) is 0 Å². The molecule has 1 amide bonds. The summed E-state index contributed by atoms with van der Waals surface area (Å²) in [5.41, 5.74) is 3.28. The maximum absolute atomic E-state index is 11.3. The van der Waals surface area contributed by atoms with Gasteiger partial charge in [-0.05, 0) is 37.6 Å². The van der Waals surface area contributed by atoms with Crippen LogP contribution in [0.5, 0.6) is 5.75 Å². The van der Waals surface area contributed by atoms with Crippen LogP contribution in [0.2, 0.25) is 5.02 Å². The molecule has 0 unspecified atom stereocenters. The van der Waals surface area contributed by atoms with Crippen LogP contribution in [0.25, 0.3) is 0 Å². The van der Waals surface area contributed by atoms with Crippen molar-refractivity contribution in [3.8, 4) is 5.75 Å². The van der Waals surface area contributed by atoms with Crippen molar-refractivity contribution >= 4 is 23.2 Å². The Balaban J connectivity index is 2.36. The Bertz CT molecular complexity index is 401. The first-order chi connectivity index (χ1) is 8.11. The molecule has 0 radical (unpaired) electrons. The highest BCUT2D eigenvalue weighted by molar-refractivity contribution is 6.30. The van der Waals surface area contributed by atoms with Gasteiger partial charge in [0.2, 0.25) is 0 Å². The zero-order valence-corrected chi connectivity index (χ0v) is 10.6. The van der Waals surface area contributed by atoms with E-state index < -0.39 is 0 Å². The molecule has 1 aromatic rings. The van der Waals surface area contributed by atoms with E-state index in [0.29, 0.717) is 10.8 Å². The average Bonchev–Trinajstić information content (AvgIpc) is 2.35. The van der Waals surface area contributed by atoms with Gasteiger partial charge in [0.05, 0.1) is 0 Å². The van der Waals surface area contributed by atoms with Gasteiger partial charge in [-0.2, -0.15) is 5.10 Å². The Kier molecular flexibility index (Phi) is 5.49. The molecular formula is C12H15ClN2O2. The predicted octanol–water partition coefficient (Wildman–Crippen LogP) is 2.62. The van der Waals surface area contributed by atoms with E-state index in [2.05, 4.69) is 10.5 Å². The van der Waals surface area contributed by atoms with Crippen LogP contribution in [0.15, 0.2) is 29.4 Å². The second-order valence-electron chi connectivity index (χ2n) is 3.48. The fourth-order valence-electron chi connectivity index (χ4n) is 0.949. The number of benzene rings is 1. The third kappa shape index (κ3) is 5.36. The molecule has 0 bridgehead atoms. The number of rotatable bonds is 5. The average molecular weight is 255 g/mol. The molecule has 0 fully saturated rings. The monoisotopic (exact) mass is 254 g/mol. The van der Waals surface area contributed by atoms with E-state index in [4.69, 9.17) is 16.3 Å². The van der Waals surface area contributed by atoms with Crippen molar-refractivity contribution in [3.05, 3.63) is 29.3 Å². The van der Waals surface area contributed by atoms with Gasteiger partial charge in [-0.15, -0.1) is 0 Å². The molecule has 0 atom stereocenters. The normalized spacial score (nSPS) is 11.1. The van der Waals surface area contributed by atoms with Crippen LogP contribution >= 0.6 is 11.6 Å². The number of ether oxygens (including phenoxy) is 1. The van der Waals surface area contributed by atoms with Crippen LogP contribution in [-0.2, 0) is 4.79 Å². The predicted molar refractivity (Wildman–Crippen MR) is 68.5 cm³/mol. The molecule has 5 heteroatoms. The minimum absolute atomic E-state index is 0.0673. The SMILES string of the molecule is CC/C(C)=N\NC(=O)COc1ccc(Cl)cc1. The number of hydrogen-bond donors (Lipinski definition) is 1. The molecule has 1 N–H and O–H groups in total. The van der Waals surface area contributed by atoms with Crippen LogP contribution in [0.1, 0.15) is 20.3 Å². The number of amides is 1. The molecule has 0 aliphatic carbocycles. The lowest BCUT2D eigenvalue weighted by Crippen LogP contribution is -2.25. The molecule has 1 rings (SSSR count). The molecule has 0 saturated heterocycles. The van der Waals surface area contributed by atoms with Gasteiger partial charge in [0.25, 0.3) is 5.91 Å². The first-order valence-electron chi connectivity index (χ1n) is 5.32. The molecular weight excluding hydrogens is 240 g/mol. The van der Waals surface area contributed by atoms with E-state index >= 15 is 0 Å². The van der Waals surface area contributed by atoms with Crippen molar-refractivity contribution in [2.75, 3.05) is 6.61 Å². The van der Waals surface area contributed by atoms with Gasteiger partial charge in [-0.25, -0.2) is 5.43 Å². The minimum atomic E-state index is -0.284. The van der Waals surface area contributed by atoms with Gasteiger partial charge < -0.3 is 4.74 Å². The molecule has 0 aliphatic rings. The van der Waals surface area contributed by atoms with E-state index in [-0.39, 0.29) is 12.5 Å². The van der Waals surface area contributed by atoms with Gasteiger partial charge in [-0.3, -0.25) is 4.79 Å². The molecule has 92 valence electrons. The van der Waals surface area contributed by atoms with Crippen LogP contribution in [-0.4, -0.2) is 18.2 Å². The van der Waals surface area contributed by atoms with Gasteiger partial charge in [0, 0.05) is 10.7 Å². The zero-order valence-electron chi connectivity index (χ0n) is 9.87. The first kappa shape index (κ1) is 13.5. The van der Waals surface area contributed by atoms with Crippen molar-refractivity contribution in [1.29, 1.82) is 0 Å². The van der Waals surface area contributed by atoms with Crippen molar-refractivity contribution in [1.82, 2.24) is 5.43 Å². The van der Waals surface area contributed by atoms with Crippen molar-refractivity contribution in [2.24, 2.45) is 5.10 Å². The Morgan fingerprint density at radius 2 is 2.06 bits per heavy atom. The van der Waals surface area contributed by atoms with Crippen molar-refractivity contribution in [3.63, 3.8) is 0 Å². The zero-order chi connectivity index (χ0) is 12.7. The van der Waals surface area contributed by atoms with Crippen LogP contribution in [0, 0.1) is 0 Å². The molecule has 0 aromatic heterocycles. The van der Waals surface area contributed by atoms with Crippen LogP contribution in [0.3, 0.4) is 0 Å². The van der Waals surface area contributed by atoms with Crippen LogP contribution < -0.4 is 10.2 Å². The van der Waals surface area contributed by atoms with Crippen molar-refractivity contribution in [2.45, 2.75) is 20.3 Å². The van der Waals surface area contributed by atoms with Gasteiger partial charge in [-0.1, -0.05) is 18.5 Å². The molecule has 0 saturated carbocycles. The van der Waals surface area contributed by atoms with E-state index in [1.807, 2.05) is 13.8 Å². The lowest BCUT2D eigenvalue weighted by atomic mass is 10.3. The Hall–Kier alpha value is -1.55. The lowest BCUT2D eigenvalue weighted by molar-refractivity contribution is -0.123. The number of nitrogens with zero attached hydrogens (tertiary/aromatic N) is 1. The van der Waals surface area contributed by atoms with E-state index in [9.17, 15) is 4.79 Å². The van der Waals surface area contributed by atoms with Gasteiger partial charge in [0.1, 0.15) is 5.75 Å². The summed E-state index contributed by atoms with van der Waals surface area (Å²) in [7, 11) is 0. The maximum atomic E-state index is 11.3. The summed E-state index contributed by atoms with van der Waals surface area (Å²) < 4.78 is 5.25. The molecule has 0 heterocycles.